The van der Waals surface area contributed by atoms with Crippen molar-refractivity contribution in [3.8, 4) is 0 Å². The summed E-state index contributed by atoms with van der Waals surface area (Å²) in [6.45, 7) is 1.06. The first-order valence-electron chi connectivity index (χ1n) is 11.3. The Bertz CT molecular complexity index is 1080. The first-order valence-corrected chi connectivity index (χ1v) is 13.5. The van der Waals surface area contributed by atoms with Crippen LogP contribution in [0.2, 0.25) is 0 Å². The van der Waals surface area contributed by atoms with Crippen LogP contribution in [-0.4, -0.2) is 18.4 Å². The van der Waals surface area contributed by atoms with Crippen LogP contribution >= 0.6 is 17.2 Å². The van der Waals surface area contributed by atoms with Crippen LogP contribution in [0.3, 0.4) is 0 Å². The van der Waals surface area contributed by atoms with Gasteiger partial charge in [0.2, 0.25) is 0 Å². The van der Waals surface area contributed by atoms with Gasteiger partial charge < -0.3 is 4.90 Å². The van der Waals surface area contributed by atoms with E-state index in [4.69, 9.17) is 0 Å². The molecule has 0 saturated carbocycles. The van der Waals surface area contributed by atoms with E-state index in [0.29, 0.717) is 5.66 Å². The smallest absolute Gasteiger partial charge is 0.0695 e. The summed E-state index contributed by atoms with van der Waals surface area (Å²) in [4.78, 5) is 2.68. The lowest BCUT2D eigenvalue weighted by molar-refractivity contribution is 0.504. The summed E-state index contributed by atoms with van der Waals surface area (Å²) in [6, 6.07) is 44.5. The summed E-state index contributed by atoms with van der Waals surface area (Å²) >= 11 is 0. The molecule has 4 aromatic rings. The average molecular weight is 454 g/mol. The van der Waals surface area contributed by atoms with E-state index in [0.717, 1.165) is 19.1 Å². The normalized spacial score (nSPS) is 20.6. The fourth-order valence-corrected chi connectivity index (χ4v) is 8.73. The van der Waals surface area contributed by atoms with Crippen molar-refractivity contribution in [2.45, 2.75) is 17.6 Å². The second-order valence-corrected chi connectivity index (χ2v) is 11.4. The monoisotopic (exact) mass is 453 g/mol. The van der Waals surface area contributed by atoms with Gasteiger partial charge in [-0.3, -0.25) is 0 Å². The minimum atomic E-state index is -0.474. The van der Waals surface area contributed by atoms with Gasteiger partial charge in [-0.2, -0.15) is 0 Å². The van der Waals surface area contributed by atoms with Gasteiger partial charge >= 0.3 is 0 Å². The molecule has 1 heterocycles. The predicted molar refractivity (Wildman–Crippen MR) is 144 cm³/mol. The second-order valence-electron chi connectivity index (χ2n) is 8.45. The van der Waals surface area contributed by atoms with Crippen LogP contribution in [0.4, 0.5) is 5.69 Å². The third-order valence-corrected chi connectivity index (χ3v) is 10.1. The zero-order valence-corrected chi connectivity index (χ0v) is 20.3. The van der Waals surface area contributed by atoms with E-state index in [1.54, 1.807) is 0 Å². The Labute approximate surface area is 195 Å². The fraction of sp³-hybridized carbons (Fsp3) is 0.172. The highest BCUT2D eigenvalue weighted by Crippen LogP contribution is 2.53. The van der Waals surface area contributed by atoms with Crippen LogP contribution in [0.5, 0.6) is 0 Å². The number of nitrogens with zero attached hydrogens (tertiary/aromatic N) is 1. The number of benzene rings is 4. The van der Waals surface area contributed by atoms with E-state index in [9.17, 15) is 0 Å². The molecule has 0 spiro atoms. The van der Waals surface area contributed by atoms with Crippen molar-refractivity contribution in [1.82, 2.24) is 0 Å². The molecule has 1 nitrogen and oxygen atoms in total. The lowest BCUT2D eigenvalue weighted by Crippen LogP contribution is -2.43. The van der Waals surface area contributed by atoms with E-state index in [1.165, 1.54) is 21.9 Å². The lowest BCUT2D eigenvalue weighted by Gasteiger charge is -2.40. The molecule has 0 amide bonds. The van der Waals surface area contributed by atoms with Crippen molar-refractivity contribution in [3.63, 3.8) is 0 Å². The highest BCUT2D eigenvalue weighted by Gasteiger charge is 2.48. The number of hydrogen-bond donors (Lipinski definition) is 0. The third-order valence-electron chi connectivity index (χ3n) is 6.63. The maximum absolute atomic E-state index is 3.07. The molecular weight excluding hydrogens is 424 g/mol. The lowest BCUT2D eigenvalue weighted by atomic mass is 9.88. The molecule has 1 aliphatic heterocycles. The van der Waals surface area contributed by atoms with Gasteiger partial charge in [0.1, 0.15) is 0 Å². The van der Waals surface area contributed by atoms with Crippen LogP contribution in [-0.2, 0) is 5.54 Å². The standard InChI is InChI=1S/C29H29NP2/c31-23-29(24-13-5-1-6-14-24)21-28(22-30(29)25-15-7-2-8-16-25)32(26-17-9-3-10-18-26)27-19-11-4-12-20-27/h1-20,28H,21-23,31H2. The van der Waals surface area contributed by atoms with Gasteiger partial charge in [0.25, 0.3) is 0 Å². The van der Waals surface area contributed by atoms with Crippen LogP contribution in [0.1, 0.15) is 12.0 Å². The number of rotatable bonds is 6. The molecule has 4 aromatic carbocycles. The van der Waals surface area contributed by atoms with Crippen LogP contribution in [0, 0.1) is 0 Å². The summed E-state index contributed by atoms with van der Waals surface area (Å²) in [5.74, 6) is 0. The molecule has 0 N–H and O–H groups in total. The summed E-state index contributed by atoms with van der Waals surface area (Å²) in [5.41, 5.74) is 3.27. The van der Waals surface area contributed by atoms with E-state index >= 15 is 0 Å². The van der Waals surface area contributed by atoms with Gasteiger partial charge in [0, 0.05) is 17.9 Å². The van der Waals surface area contributed by atoms with E-state index in [2.05, 4.69) is 135 Å². The highest BCUT2D eigenvalue weighted by molar-refractivity contribution is 7.73. The van der Waals surface area contributed by atoms with E-state index in [1.807, 2.05) is 0 Å². The molecule has 5 rings (SSSR count). The number of hydrogen-bond acceptors (Lipinski definition) is 1. The number of para-hydroxylation sites is 1. The zero-order chi connectivity index (χ0) is 21.8. The Kier molecular flexibility index (Phi) is 6.40. The molecular formula is C29H29NP2. The first kappa shape index (κ1) is 21.4. The Balaban J connectivity index is 1.63. The van der Waals surface area contributed by atoms with Gasteiger partial charge in [-0.25, -0.2) is 0 Å². The van der Waals surface area contributed by atoms with Gasteiger partial charge in [0.15, 0.2) is 0 Å². The predicted octanol–water partition coefficient (Wildman–Crippen LogP) is 6.17. The molecule has 32 heavy (non-hydrogen) atoms. The molecule has 3 atom stereocenters. The molecule has 1 fully saturated rings. The SMILES string of the molecule is PCC1(c2ccccc2)CC(P(c2ccccc2)c2ccccc2)CN1c1ccccc1. The maximum Gasteiger partial charge on any atom is 0.0695 e. The van der Waals surface area contributed by atoms with E-state index < -0.39 is 7.92 Å². The van der Waals surface area contributed by atoms with Crippen molar-refractivity contribution in [1.29, 1.82) is 0 Å². The maximum atomic E-state index is 3.07. The molecule has 1 saturated heterocycles. The quantitative estimate of drug-likeness (QED) is 0.316. The van der Waals surface area contributed by atoms with Gasteiger partial charge in [0.05, 0.1) is 5.54 Å². The van der Waals surface area contributed by atoms with Crippen molar-refractivity contribution in [2.24, 2.45) is 0 Å². The summed E-state index contributed by atoms with van der Waals surface area (Å²) in [7, 11) is 2.60. The summed E-state index contributed by atoms with van der Waals surface area (Å²) < 4.78 is 0. The van der Waals surface area contributed by atoms with Crippen LogP contribution in [0.25, 0.3) is 0 Å². The average Bonchev–Trinajstić information content (AvgIpc) is 3.27. The molecule has 0 aromatic heterocycles. The zero-order valence-electron chi connectivity index (χ0n) is 18.2. The Morgan fingerprint density at radius 2 is 1.16 bits per heavy atom. The molecule has 160 valence electrons. The summed E-state index contributed by atoms with van der Waals surface area (Å²) in [6.07, 6.45) is 2.15. The van der Waals surface area contributed by atoms with Crippen LogP contribution in [0.15, 0.2) is 121 Å². The minimum Gasteiger partial charge on any atom is -0.361 e. The second kappa shape index (κ2) is 9.58. The van der Waals surface area contributed by atoms with Crippen LogP contribution < -0.4 is 15.5 Å². The third kappa shape index (κ3) is 4.01. The topological polar surface area (TPSA) is 3.24 Å². The summed E-state index contributed by atoms with van der Waals surface area (Å²) in [5, 5.41) is 2.94. The molecule has 3 heteroatoms. The van der Waals surface area contributed by atoms with Crippen molar-refractivity contribution >= 4 is 33.5 Å². The molecule has 3 unspecified atom stereocenters. The molecule has 0 bridgehead atoms. The van der Waals surface area contributed by atoms with Crippen molar-refractivity contribution in [3.05, 3.63) is 127 Å². The van der Waals surface area contributed by atoms with Crippen molar-refractivity contribution in [2.75, 3.05) is 17.6 Å². The Morgan fingerprint density at radius 1 is 0.688 bits per heavy atom. The number of anilines is 1. The minimum absolute atomic E-state index is 0.0257. The van der Waals surface area contributed by atoms with Crippen molar-refractivity contribution < 1.29 is 0 Å². The van der Waals surface area contributed by atoms with E-state index in [-0.39, 0.29) is 5.54 Å². The largest absolute Gasteiger partial charge is 0.361 e. The molecule has 0 radical (unpaired) electrons. The molecule has 1 aliphatic rings. The van der Waals surface area contributed by atoms with Gasteiger partial charge in [-0.15, -0.1) is 9.24 Å². The van der Waals surface area contributed by atoms with Gasteiger partial charge in [-0.05, 0) is 48.8 Å². The highest BCUT2D eigenvalue weighted by atomic mass is 31.1. The Morgan fingerprint density at radius 3 is 1.66 bits per heavy atom. The molecule has 0 aliphatic carbocycles. The first-order chi connectivity index (χ1) is 15.8. The van der Waals surface area contributed by atoms with Gasteiger partial charge in [-0.1, -0.05) is 109 Å². The Hall–Kier alpha value is -2.46. The fourth-order valence-electron chi connectivity index (χ4n) is 5.16.